The molecule has 1 unspecified atom stereocenters. The van der Waals surface area contributed by atoms with Crippen molar-refractivity contribution in [1.82, 2.24) is 0 Å². The fourth-order valence-corrected chi connectivity index (χ4v) is 4.00. The third-order valence-corrected chi connectivity index (χ3v) is 5.51. The number of benzene rings is 3. The number of rotatable bonds is 3. The molecule has 0 fully saturated rings. The maximum Gasteiger partial charge on any atom is 0.586 e. The van der Waals surface area contributed by atoms with E-state index in [9.17, 15) is 8.78 Å². The molecule has 29 heavy (non-hydrogen) atoms. The molecule has 0 aliphatic carbocycles. The molecule has 1 atom stereocenters. The van der Waals surface area contributed by atoms with Gasteiger partial charge in [-0.15, -0.1) is 8.78 Å². The molecule has 0 aromatic heterocycles. The summed E-state index contributed by atoms with van der Waals surface area (Å²) in [6, 6.07) is 20.6. The van der Waals surface area contributed by atoms with Gasteiger partial charge in [-0.1, -0.05) is 60.1 Å². The van der Waals surface area contributed by atoms with Gasteiger partial charge in [0.1, 0.15) is 0 Å². The summed E-state index contributed by atoms with van der Waals surface area (Å²) < 4.78 is 35.4. The molecule has 6 heteroatoms. The highest BCUT2D eigenvalue weighted by Crippen LogP contribution is 2.43. The van der Waals surface area contributed by atoms with Crippen molar-refractivity contribution < 1.29 is 18.3 Å². The maximum atomic E-state index is 13.2. The van der Waals surface area contributed by atoms with Gasteiger partial charge < -0.3 is 9.47 Å². The first-order valence-corrected chi connectivity index (χ1v) is 9.68. The monoisotopic (exact) mass is 411 g/mol. The van der Waals surface area contributed by atoms with Crippen LogP contribution in [0.1, 0.15) is 30.0 Å². The van der Waals surface area contributed by atoms with Gasteiger partial charge >= 0.3 is 6.29 Å². The van der Waals surface area contributed by atoms with Crippen LogP contribution in [0.5, 0.6) is 11.5 Å². The summed E-state index contributed by atoms with van der Waals surface area (Å²) in [6.45, 7) is 0. The Morgan fingerprint density at radius 2 is 1.62 bits per heavy atom. The molecule has 3 nitrogen and oxygen atoms in total. The minimum absolute atomic E-state index is 0.0429. The van der Waals surface area contributed by atoms with Crippen LogP contribution in [0.2, 0.25) is 5.02 Å². The van der Waals surface area contributed by atoms with Crippen molar-refractivity contribution in [2.75, 3.05) is 0 Å². The lowest BCUT2D eigenvalue weighted by molar-refractivity contribution is -0.286. The van der Waals surface area contributed by atoms with E-state index in [0.29, 0.717) is 0 Å². The Hall–Kier alpha value is -2.92. The van der Waals surface area contributed by atoms with Crippen molar-refractivity contribution in [3.05, 3.63) is 82.9 Å². The van der Waals surface area contributed by atoms with Crippen LogP contribution in [0, 0.1) is 0 Å². The summed E-state index contributed by atoms with van der Waals surface area (Å²) in [6.07, 6.45) is -1.80. The van der Waals surface area contributed by atoms with Gasteiger partial charge in [0, 0.05) is 16.3 Å². The van der Waals surface area contributed by atoms with Crippen LogP contribution in [0.25, 0.3) is 11.1 Å². The third-order valence-electron chi connectivity index (χ3n) is 5.18. The molecular formula is C23H16ClF2NO2. The lowest BCUT2D eigenvalue weighted by Crippen LogP contribution is -2.25. The van der Waals surface area contributed by atoms with E-state index in [-0.39, 0.29) is 17.5 Å². The zero-order valence-electron chi connectivity index (χ0n) is 15.2. The van der Waals surface area contributed by atoms with Crippen molar-refractivity contribution in [3.8, 4) is 22.6 Å². The lowest BCUT2D eigenvalue weighted by atomic mass is 9.99. The van der Waals surface area contributed by atoms with Crippen LogP contribution in [-0.4, -0.2) is 12.0 Å². The number of hydrogen-bond donors (Lipinski definition) is 0. The zero-order chi connectivity index (χ0) is 20.0. The summed E-state index contributed by atoms with van der Waals surface area (Å²) in [5.41, 5.74) is 4.82. The minimum Gasteiger partial charge on any atom is -0.395 e. The average molecular weight is 412 g/mol. The number of halogens is 3. The van der Waals surface area contributed by atoms with E-state index in [2.05, 4.69) is 9.47 Å². The Morgan fingerprint density at radius 1 is 0.897 bits per heavy atom. The van der Waals surface area contributed by atoms with Gasteiger partial charge in [0.15, 0.2) is 11.5 Å². The van der Waals surface area contributed by atoms with Gasteiger partial charge in [0.2, 0.25) is 0 Å². The molecule has 146 valence electrons. The van der Waals surface area contributed by atoms with E-state index < -0.39 is 6.29 Å². The second-order valence-corrected chi connectivity index (χ2v) is 7.47. The van der Waals surface area contributed by atoms with Gasteiger partial charge in [-0.25, -0.2) is 0 Å². The normalized spacial score (nSPS) is 19.3. The zero-order valence-corrected chi connectivity index (χ0v) is 16.0. The number of hydrogen-bond acceptors (Lipinski definition) is 3. The summed E-state index contributed by atoms with van der Waals surface area (Å²) in [7, 11) is 0. The van der Waals surface area contributed by atoms with E-state index in [1.165, 1.54) is 6.07 Å². The first-order valence-electron chi connectivity index (χ1n) is 9.30. The fourth-order valence-electron chi connectivity index (χ4n) is 3.76. The van der Waals surface area contributed by atoms with Crippen LogP contribution < -0.4 is 9.47 Å². The summed E-state index contributed by atoms with van der Waals surface area (Å²) >= 11 is 6.30. The molecule has 0 bridgehead atoms. The van der Waals surface area contributed by atoms with Gasteiger partial charge in [-0.3, -0.25) is 4.99 Å². The van der Waals surface area contributed by atoms with Gasteiger partial charge in [-0.2, -0.15) is 0 Å². The smallest absolute Gasteiger partial charge is 0.395 e. The molecule has 3 aromatic carbocycles. The van der Waals surface area contributed by atoms with Gasteiger partial charge in [0.25, 0.3) is 0 Å². The predicted molar refractivity (Wildman–Crippen MR) is 108 cm³/mol. The highest BCUT2D eigenvalue weighted by molar-refractivity contribution is 6.34. The van der Waals surface area contributed by atoms with Crippen molar-refractivity contribution in [3.63, 3.8) is 0 Å². The SMILES string of the molecule is FC1(F)Oc2ccc(-c3ccc(C4CCC(c5ccccc5Cl)=N4)cc3)cc2O1. The molecule has 0 spiro atoms. The Balaban J connectivity index is 1.37. The molecule has 5 rings (SSSR count). The van der Waals surface area contributed by atoms with E-state index in [1.54, 1.807) is 12.1 Å². The fraction of sp³-hybridized carbons (Fsp3) is 0.174. The third kappa shape index (κ3) is 3.47. The Morgan fingerprint density at radius 3 is 2.41 bits per heavy atom. The number of fused-ring (bicyclic) bond motifs is 1. The van der Waals surface area contributed by atoms with Crippen LogP contribution in [0.3, 0.4) is 0 Å². The second-order valence-electron chi connectivity index (χ2n) is 7.06. The highest BCUT2D eigenvalue weighted by atomic mass is 35.5. The first kappa shape index (κ1) is 18.1. The summed E-state index contributed by atoms with van der Waals surface area (Å²) in [5, 5.41) is 0.718. The number of nitrogens with zero attached hydrogens (tertiary/aromatic N) is 1. The number of alkyl halides is 2. The first-order chi connectivity index (χ1) is 14.0. The molecule has 0 saturated heterocycles. The molecule has 2 aliphatic heterocycles. The second kappa shape index (κ2) is 6.85. The summed E-state index contributed by atoms with van der Waals surface area (Å²) in [5.74, 6) is 0.0871. The molecule has 0 saturated carbocycles. The quantitative estimate of drug-likeness (QED) is 0.483. The molecular weight excluding hydrogens is 396 g/mol. The van der Waals surface area contributed by atoms with E-state index in [4.69, 9.17) is 16.6 Å². The van der Waals surface area contributed by atoms with E-state index >= 15 is 0 Å². The Kier molecular flexibility index (Phi) is 4.28. The van der Waals surface area contributed by atoms with E-state index in [1.807, 2.05) is 48.5 Å². The van der Waals surface area contributed by atoms with Crippen molar-refractivity contribution in [2.24, 2.45) is 4.99 Å². The highest BCUT2D eigenvalue weighted by Gasteiger charge is 2.43. The topological polar surface area (TPSA) is 30.8 Å². The van der Waals surface area contributed by atoms with Crippen LogP contribution in [-0.2, 0) is 0 Å². The van der Waals surface area contributed by atoms with E-state index in [0.717, 1.165) is 45.8 Å². The standard InChI is InChI=1S/C23H16ClF2NO2/c24-18-4-2-1-3-17(18)20-11-10-19(27-20)15-7-5-14(6-8-15)16-9-12-21-22(13-16)29-23(25,26)28-21/h1-9,12-13,19H,10-11H2. The molecule has 0 radical (unpaired) electrons. The Bertz CT molecular complexity index is 1110. The molecule has 0 N–H and O–H groups in total. The predicted octanol–water partition coefficient (Wildman–Crippen LogP) is 6.65. The average Bonchev–Trinajstić information content (AvgIpc) is 3.31. The molecule has 2 heterocycles. The van der Waals surface area contributed by atoms with Crippen molar-refractivity contribution in [1.29, 1.82) is 0 Å². The van der Waals surface area contributed by atoms with Gasteiger partial charge in [0.05, 0.1) is 6.04 Å². The van der Waals surface area contributed by atoms with Crippen LogP contribution in [0.15, 0.2) is 71.7 Å². The van der Waals surface area contributed by atoms with Crippen molar-refractivity contribution in [2.45, 2.75) is 25.2 Å². The molecule has 2 aliphatic rings. The molecule has 0 amide bonds. The van der Waals surface area contributed by atoms with Gasteiger partial charge in [-0.05, 0) is 47.7 Å². The van der Waals surface area contributed by atoms with Crippen LogP contribution >= 0.6 is 11.6 Å². The summed E-state index contributed by atoms with van der Waals surface area (Å²) in [4.78, 5) is 4.87. The lowest BCUT2D eigenvalue weighted by Gasteiger charge is -2.09. The molecule has 3 aromatic rings. The van der Waals surface area contributed by atoms with Crippen molar-refractivity contribution >= 4 is 17.3 Å². The maximum absolute atomic E-state index is 13.2. The van der Waals surface area contributed by atoms with Crippen LogP contribution in [0.4, 0.5) is 8.78 Å². The number of ether oxygens (including phenoxy) is 2. The minimum atomic E-state index is -3.61. The largest absolute Gasteiger partial charge is 0.586 e. The number of aliphatic imine (C=N–C) groups is 1. The Labute approximate surface area is 171 Å².